The predicted molar refractivity (Wildman–Crippen MR) is 81.6 cm³/mol. The molecule has 5 heteroatoms. The predicted octanol–water partition coefficient (Wildman–Crippen LogP) is 3.64. The van der Waals surface area contributed by atoms with Crippen molar-refractivity contribution in [2.75, 3.05) is 5.32 Å². The maximum Gasteiger partial charge on any atom is 0.256 e. The average Bonchev–Trinajstić information content (AvgIpc) is 2.49. The molecule has 0 aliphatic carbocycles. The number of nitrogens with one attached hydrogen (secondary N) is 1. The molecule has 1 heterocycles. The fourth-order valence-corrected chi connectivity index (χ4v) is 2.10. The topological polar surface area (TPSA) is 54.9 Å². The zero-order valence-electron chi connectivity index (χ0n) is 10.4. The van der Waals surface area contributed by atoms with Crippen LogP contribution in [0.5, 0.6) is 0 Å². The summed E-state index contributed by atoms with van der Waals surface area (Å²) in [7, 11) is 0. The smallest absolute Gasteiger partial charge is 0.256 e. The molecule has 0 aliphatic heterocycles. The van der Waals surface area contributed by atoms with Crippen LogP contribution in [0.2, 0.25) is 0 Å². The summed E-state index contributed by atoms with van der Waals surface area (Å²) in [5.74, 6) is 0.221. The maximum atomic E-state index is 12.2. The number of amides is 1. The second-order valence-electron chi connectivity index (χ2n) is 4.24. The molecule has 0 fully saturated rings. The monoisotopic (exact) mass is 327 g/mol. The van der Waals surface area contributed by atoms with E-state index in [1.165, 1.54) is 12.4 Å². The Labute approximate surface area is 124 Å². The van der Waals surface area contributed by atoms with E-state index in [2.05, 4.69) is 31.2 Å². The number of aromatic nitrogens is 2. The minimum Gasteiger partial charge on any atom is -0.305 e. The molecule has 1 amide bonds. The number of benzene rings is 2. The van der Waals surface area contributed by atoms with Gasteiger partial charge in [0.25, 0.3) is 5.91 Å². The normalized spacial score (nSPS) is 10.4. The van der Waals surface area contributed by atoms with Gasteiger partial charge < -0.3 is 5.32 Å². The zero-order chi connectivity index (χ0) is 13.9. The fourth-order valence-electron chi connectivity index (χ4n) is 1.90. The molecule has 1 aromatic heterocycles. The van der Waals surface area contributed by atoms with Crippen molar-refractivity contribution in [1.82, 2.24) is 9.97 Å². The highest BCUT2D eigenvalue weighted by Gasteiger charge is 2.07. The van der Waals surface area contributed by atoms with Gasteiger partial charge >= 0.3 is 0 Å². The van der Waals surface area contributed by atoms with Crippen molar-refractivity contribution in [2.24, 2.45) is 0 Å². The Balaban J connectivity index is 1.86. The van der Waals surface area contributed by atoms with Crippen molar-refractivity contribution >= 4 is 38.4 Å². The summed E-state index contributed by atoms with van der Waals surface area (Å²) in [5, 5.41) is 4.85. The van der Waals surface area contributed by atoms with Crippen LogP contribution in [0.4, 0.5) is 5.82 Å². The van der Waals surface area contributed by atoms with Gasteiger partial charge in [-0.3, -0.25) is 4.79 Å². The van der Waals surface area contributed by atoms with E-state index in [4.69, 9.17) is 0 Å². The minimum absolute atomic E-state index is 0.202. The van der Waals surface area contributed by atoms with Gasteiger partial charge in [0.1, 0.15) is 4.60 Å². The number of hydrogen-bond acceptors (Lipinski definition) is 3. The van der Waals surface area contributed by atoms with Gasteiger partial charge in [0.15, 0.2) is 5.82 Å². The Morgan fingerprint density at radius 2 is 1.80 bits per heavy atom. The molecule has 4 nitrogen and oxygen atoms in total. The maximum absolute atomic E-state index is 12.2. The van der Waals surface area contributed by atoms with Crippen molar-refractivity contribution in [3.05, 3.63) is 65.0 Å². The number of carbonyl (C=O) groups is 1. The van der Waals surface area contributed by atoms with Crippen molar-refractivity contribution < 1.29 is 4.79 Å². The standard InChI is InChI=1S/C15H10BrN3O/c16-13-8-18-14(9-17-13)19-15(20)12-6-5-10-3-1-2-4-11(10)7-12/h1-9H,(H,18,19,20). The Kier molecular flexibility index (Phi) is 3.43. The quantitative estimate of drug-likeness (QED) is 0.781. The van der Waals surface area contributed by atoms with Gasteiger partial charge in [-0.2, -0.15) is 0 Å². The summed E-state index contributed by atoms with van der Waals surface area (Å²) >= 11 is 3.20. The number of rotatable bonds is 2. The second-order valence-corrected chi connectivity index (χ2v) is 5.05. The minimum atomic E-state index is -0.202. The Bertz CT molecular complexity index is 771. The van der Waals surface area contributed by atoms with Crippen molar-refractivity contribution in [3.8, 4) is 0 Å². The fraction of sp³-hybridized carbons (Fsp3) is 0. The van der Waals surface area contributed by atoms with Gasteiger partial charge in [-0.05, 0) is 38.8 Å². The summed E-state index contributed by atoms with van der Waals surface area (Å²) in [6, 6.07) is 13.5. The van der Waals surface area contributed by atoms with Gasteiger partial charge in [0.2, 0.25) is 0 Å². The van der Waals surface area contributed by atoms with Gasteiger partial charge in [0, 0.05) is 5.56 Å². The molecule has 98 valence electrons. The first kappa shape index (κ1) is 12.7. The van der Waals surface area contributed by atoms with E-state index in [0.717, 1.165) is 10.8 Å². The average molecular weight is 328 g/mol. The molecule has 0 radical (unpaired) electrons. The van der Waals surface area contributed by atoms with Crippen LogP contribution in [-0.2, 0) is 0 Å². The van der Waals surface area contributed by atoms with Gasteiger partial charge in [0.05, 0.1) is 12.4 Å². The van der Waals surface area contributed by atoms with Gasteiger partial charge in [-0.15, -0.1) is 0 Å². The molecule has 0 saturated heterocycles. The molecule has 0 aliphatic rings. The molecule has 3 aromatic rings. The van der Waals surface area contributed by atoms with Gasteiger partial charge in [-0.1, -0.05) is 30.3 Å². The van der Waals surface area contributed by atoms with Crippen LogP contribution in [0.15, 0.2) is 59.5 Å². The molecule has 0 saturated carbocycles. The van der Waals surface area contributed by atoms with Crippen LogP contribution < -0.4 is 5.32 Å². The van der Waals surface area contributed by atoms with Gasteiger partial charge in [-0.25, -0.2) is 9.97 Å². The third kappa shape index (κ3) is 2.67. The van der Waals surface area contributed by atoms with Crippen molar-refractivity contribution in [3.63, 3.8) is 0 Å². The largest absolute Gasteiger partial charge is 0.305 e. The molecule has 3 rings (SSSR count). The molecule has 0 atom stereocenters. The molecule has 0 unspecified atom stereocenters. The highest BCUT2D eigenvalue weighted by atomic mass is 79.9. The Morgan fingerprint density at radius 3 is 2.55 bits per heavy atom. The van der Waals surface area contributed by atoms with Crippen LogP contribution in [0, 0.1) is 0 Å². The van der Waals surface area contributed by atoms with E-state index in [0.29, 0.717) is 16.0 Å². The Morgan fingerprint density at radius 1 is 1.00 bits per heavy atom. The highest BCUT2D eigenvalue weighted by molar-refractivity contribution is 9.10. The van der Waals surface area contributed by atoms with Crippen LogP contribution in [-0.4, -0.2) is 15.9 Å². The third-order valence-corrected chi connectivity index (χ3v) is 3.28. The number of carbonyl (C=O) groups excluding carboxylic acids is 1. The summed E-state index contributed by atoms with van der Waals surface area (Å²) in [4.78, 5) is 20.2. The number of nitrogens with zero attached hydrogens (tertiary/aromatic N) is 2. The first-order valence-corrected chi connectivity index (χ1v) is 6.79. The second kappa shape index (κ2) is 5.38. The molecule has 2 aromatic carbocycles. The van der Waals surface area contributed by atoms with Crippen LogP contribution in [0.25, 0.3) is 10.8 Å². The molecular formula is C15H10BrN3O. The van der Waals surface area contributed by atoms with Crippen LogP contribution in [0.1, 0.15) is 10.4 Å². The summed E-state index contributed by atoms with van der Waals surface area (Å²) in [6.07, 6.45) is 3.04. The van der Waals surface area contributed by atoms with E-state index < -0.39 is 0 Å². The lowest BCUT2D eigenvalue weighted by molar-refractivity contribution is 0.102. The number of halogens is 1. The van der Waals surface area contributed by atoms with Crippen LogP contribution in [0.3, 0.4) is 0 Å². The van der Waals surface area contributed by atoms with E-state index in [1.54, 1.807) is 6.07 Å². The summed E-state index contributed by atoms with van der Waals surface area (Å²) in [6.45, 7) is 0. The third-order valence-electron chi connectivity index (χ3n) is 2.87. The van der Waals surface area contributed by atoms with E-state index in [1.807, 2.05) is 36.4 Å². The SMILES string of the molecule is O=C(Nc1cnc(Br)cn1)c1ccc2ccccc2c1. The van der Waals surface area contributed by atoms with Crippen molar-refractivity contribution in [1.29, 1.82) is 0 Å². The molecular weight excluding hydrogens is 318 g/mol. The molecule has 0 spiro atoms. The lowest BCUT2D eigenvalue weighted by atomic mass is 10.1. The summed E-state index contributed by atoms with van der Waals surface area (Å²) < 4.78 is 0.626. The lowest BCUT2D eigenvalue weighted by Crippen LogP contribution is -2.13. The van der Waals surface area contributed by atoms with E-state index in [-0.39, 0.29) is 5.91 Å². The lowest BCUT2D eigenvalue weighted by Gasteiger charge is -2.05. The molecule has 1 N–H and O–H groups in total. The first-order valence-electron chi connectivity index (χ1n) is 6.00. The number of anilines is 1. The summed E-state index contributed by atoms with van der Waals surface area (Å²) in [5.41, 5.74) is 0.591. The molecule has 20 heavy (non-hydrogen) atoms. The zero-order valence-corrected chi connectivity index (χ0v) is 12.0. The van der Waals surface area contributed by atoms with E-state index >= 15 is 0 Å². The van der Waals surface area contributed by atoms with E-state index in [9.17, 15) is 4.79 Å². The Hall–Kier alpha value is -2.27. The molecule has 0 bridgehead atoms. The van der Waals surface area contributed by atoms with Crippen molar-refractivity contribution in [2.45, 2.75) is 0 Å². The number of fused-ring (bicyclic) bond motifs is 1. The first-order chi connectivity index (χ1) is 9.72. The number of hydrogen-bond donors (Lipinski definition) is 1. The van der Waals surface area contributed by atoms with Crippen LogP contribution >= 0.6 is 15.9 Å². The highest BCUT2D eigenvalue weighted by Crippen LogP contribution is 2.16.